The van der Waals surface area contributed by atoms with Gasteiger partial charge in [0.05, 0.1) is 11.8 Å². The highest BCUT2D eigenvalue weighted by Crippen LogP contribution is 2.24. The van der Waals surface area contributed by atoms with Crippen molar-refractivity contribution in [1.29, 1.82) is 0 Å². The SMILES string of the molecule is CCS(=O)(=O)N1CC[C@@H](n2ccc(NC(C)=O)n2)C1. The van der Waals surface area contributed by atoms with Crippen LogP contribution < -0.4 is 5.32 Å². The second kappa shape index (κ2) is 5.30. The van der Waals surface area contributed by atoms with Crippen LogP contribution in [0.5, 0.6) is 0 Å². The largest absolute Gasteiger partial charge is 0.309 e. The number of rotatable bonds is 4. The maximum Gasteiger partial charge on any atom is 0.222 e. The number of amides is 1. The fourth-order valence-electron chi connectivity index (χ4n) is 2.15. The summed E-state index contributed by atoms with van der Waals surface area (Å²) in [6, 6.07) is 1.74. The van der Waals surface area contributed by atoms with Gasteiger partial charge in [0.2, 0.25) is 15.9 Å². The number of aromatic nitrogens is 2. The number of carbonyl (C=O) groups is 1. The van der Waals surface area contributed by atoms with Crippen LogP contribution in [0, 0.1) is 0 Å². The van der Waals surface area contributed by atoms with E-state index in [9.17, 15) is 13.2 Å². The maximum atomic E-state index is 11.8. The summed E-state index contributed by atoms with van der Waals surface area (Å²) in [5.74, 6) is 0.437. The molecule has 1 aliphatic heterocycles. The van der Waals surface area contributed by atoms with E-state index in [0.717, 1.165) is 6.42 Å². The van der Waals surface area contributed by atoms with Crippen LogP contribution in [0.1, 0.15) is 26.3 Å². The third-order valence-electron chi connectivity index (χ3n) is 3.17. The molecule has 1 N–H and O–H groups in total. The Morgan fingerprint density at radius 3 is 2.95 bits per heavy atom. The third kappa shape index (κ3) is 3.13. The molecule has 0 radical (unpaired) electrons. The molecule has 1 aliphatic rings. The van der Waals surface area contributed by atoms with E-state index in [-0.39, 0.29) is 17.7 Å². The molecule has 106 valence electrons. The first-order chi connectivity index (χ1) is 8.92. The van der Waals surface area contributed by atoms with Crippen LogP contribution >= 0.6 is 0 Å². The lowest BCUT2D eigenvalue weighted by Crippen LogP contribution is -2.30. The lowest BCUT2D eigenvalue weighted by atomic mass is 10.3. The van der Waals surface area contributed by atoms with Crippen LogP contribution in [0.2, 0.25) is 0 Å². The van der Waals surface area contributed by atoms with Gasteiger partial charge in [0.15, 0.2) is 5.82 Å². The molecule has 2 rings (SSSR count). The number of hydrogen-bond acceptors (Lipinski definition) is 4. The second-order valence-corrected chi connectivity index (χ2v) is 6.82. The van der Waals surface area contributed by atoms with Crippen molar-refractivity contribution in [2.24, 2.45) is 0 Å². The van der Waals surface area contributed by atoms with E-state index in [4.69, 9.17) is 0 Å². The topological polar surface area (TPSA) is 84.3 Å². The summed E-state index contributed by atoms with van der Waals surface area (Å²) in [6.45, 7) is 4.03. The molecule has 19 heavy (non-hydrogen) atoms. The Morgan fingerprint density at radius 1 is 1.58 bits per heavy atom. The van der Waals surface area contributed by atoms with Crippen molar-refractivity contribution in [3.8, 4) is 0 Å². The number of nitrogens with zero attached hydrogens (tertiary/aromatic N) is 3. The molecule has 1 amide bonds. The minimum Gasteiger partial charge on any atom is -0.309 e. The van der Waals surface area contributed by atoms with Gasteiger partial charge in [-0.3, -0.25) is 9.48 Å². The number of anilines is 1. The van der Waals surface area contributed by atoms with E-state index in [1.807, 2.05) is 0 Å². The zero-order valence-electron chi connectivity index (χ0n) is 11.0. The predicted octanol–water partition coefficient (Wildman–Crippen LogP) is 0.438. The highest BCUT2D eigenvalue weighted by atomic mass is 32.2. The average Bonchev–Trinajstić information content (AvgIpc) is 2.96. The monoisotopic (exact) mass is 286 g/mol. The maximum absolute atomic E-state index is 11.8. The minimum absolute atomic E-state index is 0.0313. The van der Waals surface area contributed by atoms with E-state index >= 15 is 0 Å². The molecule has 1 aromatic heterocycles. The van der Waals surface area contributed by atoms with E-state index in [1.54, 1.807) is 23.9 Å². The summed E-state index contributed by atoms with van der Waals surface area (Å²) >= 11 is 0. The molecule has 0 aromatic carbocycles. The Labute approximate surface area is 112 Å². The number of carbonyl (C=O) groups excluding carboxylic acids is 1. The van der Waals surface area contributed by atoms with Crippen molar-refractivity contribution in [2.75, 3.05) is 24.2 Å². The fourth-order valence-corrected chi connectivity index (χ4v) is 3.30. The Morgan fingerprint density at radius 2 is 2.32 bits per heavy atom. The molecule has 1 saturated heterocycles. The second-order valence-electron chi connectivity index (χ2n) is 4.56. The lowest BCUT2D eigenvalue weighted by Gasteiger charge is -2.15. The Hall–Kier alpha value is -1.41. The molecule has 0 unspecified atom stereocenters. The highest BCUT2D eigenvalue weighted by Gasteiger charge is 2.31. The summed E-state index contributed by atoms with van der Waals surface area (Å²) in [5, 5.41) is 6.84. The molecule has 1 aromatic rings. The zero-order chi connectivity index (χ0) is 14.0. The van der Waals surface area contributed by atoms with Gasteiger partial charge in [0.25, 0.3) is 0 Å². The molecular formula is C11H18N4O3S. The molecular weight excluding hydrogens is 268 g/mol. The summed E-state index contributed by atoms with van der Waals surface area (Å²) in [7, 11) is -3.13. The summed E-state index contributed by atoms with van der Waals surface area (Å²) in [4.78, 5) is 10.9. The van der Waals surface area contributed by atoms with Crippen molar-refractivity contribution >= 4 is 21.7 Å². The summed E-state index contributed by atoms with van der Waals surface area (Å²) in [6.07, 6.45) is 2.50. The van der Waals surface area contributed by atoms with Crippen LogP contribution in [0.4, 0.5) is 5.82 Å². The molecule has 0 saturated carbocycles. The Bertz CT molecular complexity index is 566. The number of nitrogens with one attached hydrogen (secondary N) is 1. The molecule has 1 fully saturated rings. The van der Waals surface area contributed by atoms with Gasteiger partial charge < -0.3 is 5.32 Å². The van der Waals surface area contributed by atoms with Gasteiger partial charge in [-0.05, 0) is 13.3 Å². The molecule has 1 atom stereocenters. The van der Waals surface area contributed by atoms with Crippen LogP contribution in [-0.2, 0) is 14.8 Å². The van der Waals surface area contributed by atoms with Gasteiger partial charge in [0.1, 0.15) is 0 Å². The van der Waals surface area contributed by atoms with Gasteiger partial charge in [-0.15, -0.1) is 0 Å². The van der Waals surface area contributed by atoms with Crippen molar-refractivity contribution in [3.05, 3.63) is 12.3 Å². The van der Waals surface area contributed by atoms with Crippen LogP contribution in [0.25, 0.3) is 0 Å². The quantitative estimate of drug-likeness (QED) is 0.870. The Balaban J connectivity index is 2.05. The zero-order valence-corrected chi connectivity index (χ0v) is 11.9. The van der Waals surface area contributed by atoms with Gasteiger partial charge in [-0.2, -0.15) is 9.40 Å². The molecule has 7 nitrogen and oxygen atoms in total. The van der Waals surface area contributed by atoms with Gasteiger partial charge in [-0.25, -0.2) is 8.42 Å². The molecule has 0 bridgehead atoms. The summed E-state index contributed by atoms with van der Waals surface area (Å²) in [5.41, 5.74) is 0. The number of hydrogen-bond donors (Lipinski definition) is 1. The fraction of sp³-hybridized carbons (Fsp3) is 0.636. The summed E-state index contributed by atoms with van der Waals surface area (Å²) < 4.78 is 26.8. The van der Waals surface area contributed by atoms with E-state index in [0.29, 0.717) is 18.9 Å². The highest BCUT2D eigenvalue weighted by molar-refractivity contribution is 7.89. The first-order valence-corrected chi connectivity index (χ1v) is 7.84. The van der Waals surface area contributed by atoms with E-state index < -0.39 is 10.0 Å². The Kier molecular flexibility index (Phi) is 3.91. The minimum atomic E-state index is -3.13. The predicted molar refractivity (Wildman–Crippen MR) is 71.2 cm³/mol. The number of sulfonamides is 1. The normalized spacial score (nSPS) is 20.6. The molecule has 0 aliphatic carbocycles. The molecule has 0 spiro atoms. The molecule has 2 heterocycles. The van der Waals surface area contributed by atoms with Crippen molar-refractivity contribution in [3.63, 3.8) is 0 Å². The van der Waals surface area contributed by atoms with E-state index in [2.05, 4.69) is 10.4 Å². The van der Waals surface area contributed by atoms with Gasteiger partial charge in [-0.1, -0.05) is 0 Å². The van der Waals surface area contributed by atoms with Crippen LogP contribution in [0.3, 0.4) is 0 Å². The third-order valence-corrected chi connectivity index (χ3v) is 5.02. The lowest BCUT2D eigenvalue weighted by molar-refractivity contribution is -0.114. The molecule has 8 heteroatoms. The van der Waals surface area contributed by atoms with Crippen molar-refractivity contribution < 1.29 is 13.2 Å². The smallest absolute Gasteiger partial charge is 0.222 e. The average molecular weight is 286 g/mol. The van der Waals surface area contributed by atoms with Gasteiger partial charge in [0, 0.05) is 32.3 Å². The van der Waals surface area contributed by atoms with Crippen molar-refractivity contribution in [2.45, 2.75) is 26.3 Å². The van der Waals surface area contributed by atoms with Gasteiger partial charge >= 0.3 is 0 Å². The van der Waals surface area contributed by atoms with Crippen molar-refractivity contribution in [1.82, 2.24) is 14.1 Å². The first kappa shape index (κ1) is 14.0. The van der Waals surface area contributed by atoms with Crippen LogP contribution in [0.15, 0.2) is 12.3 Å². The van der Waals surface area contributed by atoms with Crippen LogP contribution in [-0.4, -0.2) is 47.3 Å². The van der Waals surface area contributed by atoms with E-state index in [1.165, 1.54) is 11.2 Å². The first-order valence-electron chi connectivity index (χ1n) is 6.23. The standard InChI is InChI=1S/C11H18N4O3S/c1-3-19(17,18)14-6-4-10(8-14)15-7-5-11(13-15)12-9(2)16/h5,7,10H,3-4,6,8H2,1-2H3,(H,12,13,16)/t10-/m1/s1.